The number of amides is 1. The van der Waals surface area contributed by atoms with E-state index in [0.717, 1.165) is 0 Å². The fourth-order valence-electron chi connectivity index (χ4n) is 2.21. The molecule has 8 heteroatoms. The summed E-state index contributed by atoms with van der Waals surface area (Å²) in [5.74, 6) is -0.708. The molecule has 1 aromatic rings. The molecule has 4 N–H and O–H groups in total. The van der Waals surface area contributed by atoms with Gasteiger partial charge in [-0.1, -0.05) is 0 Å². The monoisotopic (exact) mass is 299 g/mol. The van der Waals surface area contributed by atoms with E-state index in [1.54, 1.807) is 6.07 Å². The molecule has 0 radical (unpaired) electrons. The maximum atomic E-state index is 12.6. The lowest BCUT2D eigenvalue weighted by molar-refractivity contribution is -0.121. The summed E-state index contributed by atoms with van der Waals surface area (Å²) in [6.45, 7) is 0.351. The standard InChI is InChI=1S/C12H17N3O4S/c1-19-10-3-2-9(13)6-11(10)20(17,18)15-5-4-8(7-15)12(14)16/h2-3,6,8H,4-5,7,13H2,1H3,(H2,14,16). The predicted molar refractivity (Wildman–Crippen MR) is 73.5 cm³/mol. The van der Waals surface area contributed by atoms with Gasteiger partial charge in [-0.2, -0.15) is 4.31 Å². The molecule has 1 heterocycles. The number of methoxy groups -OCH3 is 1. The second kappa shape index (κ2) is 5.29. The number of sulfonamides is 1. The van der Waals surface area contributed by atoms with E-state index in [-0.39, 0.29) is 23.7 Å². The molecule has 110 valence electrons. The first-order chi connectivity index (χ1) is 9.36. The van der Waals surface area contributed by atoms with Crippen molar-refractivity contribution in [1.82, 2.24) is 4.31 Å². The third-order valence-corrected chi connectivity index (χ3v) is 5.25. The zero-order valence-corrected chi connectivity index (χ0v) is 11.9. The third kappa shape index (κ3) is 2.56. The summed E-state index contributed by atoms with van der Waals surface area (Å²) in [4.78, 5) is 11.1. The number of nitrogen functional groups attached to an aromatic ring is 1. The Balaban J connectivity index is 2.36. The second-order valence-corrected chi connectivity index (χ2v) is 6.57. The normalized spacial score (nSPS) is 19.9. The van der Waals surface area contributed by atoms with E-state index in [2.05, 4.69) is 0 Å². The van der Waals surface area contributed by atoms with E-state index in [1.165, 1.54) is 23.5 Å². The summed E-state index contributed by atoms with van der Waals surface area (Å²) in [7, 11) is -2.36. The van der Waals surface area contributed by atoms with Crippen LogP contribution in [0.1, 0.15) is 6.42 Å². The van der Waals surface area contributed by atoms with E-state index in [9.17, 15) is 13.2 Å². The Morgan fingerprint density at radius 2 is 2.15 bits per heavy atom. The van der Waals surface area contributed by atoms with Crippen molar-refractivity contribution in [2.75, 3.05) is 25.9 Å². The van der Waals surface area contributed by atoms with Crippen molar-refractivity contribution in [2.45, 2.75) is 11.3 Å². The van der Waals surface area contributed by atoms with Gasteiger partial charge in [0.25, 0.3) is 0 Å². The van der Waals surface area contributed by atoms with Crippen LogP contribution in [0.5, 0.6) is 5.75 Å². The molecule has 1 amide bonds. The molecule has 1 aromatic carbocycles. The Morgan fingerprint density at radius 1 is 1.45 bits per heavy atom. The van der Waals surface area contributed by atoms with Crippen LogP contribution in [0.3, 0.4) is 0 Å². The number of carbonyl (C=O) groups is 1. The highest BCUT2D eigenvalue weighted by atomic mass is 32.2. The molecule has 7 nitrogen and oxygen atoms in total. The SMILES string of the molecule is COc1ccc(N)cc1S(=O)(=O)N1CCC(C(N)=O)C1. The second-order valence-electron chi connectivity index (χ2n) is 4.66. The predicted octanol–water partition coefficient (Wildman–Crippen LogP) is -0.227. The molecule has 20 heavy (non-hydrogen) atoms. The van der Waals surface area contributed by atoms with Crippen molar-refractivity contribution in [3.8, 4) is 5.75 Å². The summed E-state index contributed by atoms with van der Waals surface area (Å²) >= 11 is 0. The van der Waals surface area contributed by atoms with Crippen molar-refractivity contribution in [3.63, 3.8) is 0 Å². The molecule has 1 atom stereocenters. The first-order valence-electron chi connectivity index (χ1n) is 6.09. The van der Waals surface area contributed by atoms with E-state index in [0.29, 0.717) is 12.1 Å². The van der Waals surface area contributed by atoms with Crippen LogP contribution in [0.15, 0.2) is 23.1 Å². The Kier molecular flexibility index (Phi) is 3.87. The van der Waals surface area contributed by atoms with Gasteiger partial charge in [0.1, 0.15) is 10.6 Å². The third-order valence-electron chi connectivity index (χ3n) is 3.36. The largest absolute Gasteiger partial charge is 0.495 e. The van der Waals surface area contributed by atoms with Gasteiger partial charge >= 0.3 is 0 Å². The lowest BCUT2D eigenvalue weighted by Crippen LogP contribution is -2.32. The highest BCUT2D eigenvalue weighted by molar-refractivity contribution is 7.89. The van der Waals surface area contributed by atoms with E-state index >= 15 is 0 Å². The van der Waals surface area contributed by atoms with Gasteiger partial charge in [0.15, 0.2) is 0 Å². The van der Waals surface area contributed by atoms with Crippen molar-refractivity contribution in [2.24, 2.45) is 11.7 Å². The maximum absolute atomic E-state index is 12.6. The molecular weight excluding hydrogens is 282 g/mol. The van der Waals surface area contributed by atoms with Gasteiger partial charge in [-0.25, -0.2) is 8.42 Å². The summed E-state index contributed by atoms with van der Waals surface area (Å²) < 4.78 is 31.4. The summed E-state index contributed by atoms with van der Waals surface area (Å²) in [6, 6.07) is 4.42. The van der Waals surface area contributed by atoms with Gasteiger partial charge in [-0.3, -0.25) is 4.79 Å². The Bertz CT molecular complexity index is 630. The van der Waals surface area contributed by atoms with Crippen molar-refractivity contribution in [1.29, 1.82) is 0 Å². The van der Waals surface area contributed by atoms with Gasteiger partial charge in [0, 0.05) is 18.8 Å². The van der Waals surface area contributed by atoms with Gasteiger partial charge in [0.2, 0.25) is 15.9 Å². The number of rotatable bonds is 4. The van der Waals surface area contributed by atoms with E-state index in [4.69, 9.17) is 16.2 Å². The maximum Gasteiger partial charge on any atom is 0.246 e. The lowest BCUT2D eigenvalue weighted by Gasteiger charge is -2.18. The number of carbonyl (C=O) groups excluding carboxylic acids is 1. The molecule has 1 saturated heterocycles. The summed E-state index contributed by atoms with van der Waals surface area (Å²) in [5.41, 5.74) is 11.2. The van der Waals surface area contributed by atoms with Crippen LogP contribution in [0.2, 0.25) is 0 Å². The average molecular weight is 299 g/mol. The number of nitrogens with zero attached hydrogens (tertiary/aromatic N) is 1. The van der Waals surface area contributed by atoms with Crippen LogP contribution in [0.4, 0.5) is 5.69 Å². The summed E-state index contributed by atoms with van der Waals surface area (Å²) in [5, 5.41) is 0. The number of primary amides is 1. The molecule has 1 unspecified atom stereocenters. The molecule has 0 saturated carbocycles. The number of anilines is 1. The first kappa shape index (κ1) is 14.6. The van der Waals surface area contributed by atoms with Crippen LogP contribution in [-0.2, 0) is 14.8 Å². The number of ether oxygens (including phenoxy) is 1. The highest BCUT2D eigenvalue weighted by Crippen LogP contribution is 2.31. The number of hydrogen-bond acceptors (Lipinski definition) is 5. The number of nitrogens with two attached hydrogens (primary N) is 2. The Hall–Kier alpha value is -1.80. The number of benzene rings is 1. The molecule has 0 spiro atoms. The zero-order chi connectivity index (χ0) is 14.9. The van der Waals surface area contributed by atoms with Crippen LogP contribution in [0, 0.1) is 5.92 Å². The van der Waals surface area contributed by atoms with Crippen LogP contribution in [0.25, 0.3) is 0 Å². The topological polar surface area (TPSA) is 116 Å². The van der Waals surface area contributed by atoms with Gasteiger partial charge in [-0.15, -0.1) is 0 Å². The Labute approximate surface area is 117 Å². The molecule has 0 bridgehead atoms. The van der Waals surface area contributed by atoms with Crippen molar-refractivity contribution in [3.05, 3.63) is 18.2 Å². The van der Waals surface area contributed by atoms with Gasteiger partial charge in [0.05, 0.1) is 13.0 Å². The van der Waals surface area contributed by atoms with Gasteiger partial charge < -0.3 is 16.2 Å². The molecule has 1 aliphatic heterocycles. The summed E-state index contributed by atoms with van der Waals surface area (Å²) in [6.07, 6.45) is 0.430. The molecular formula is C12H17N3O4S. The fraction of sp³-hybridized carbons (Fsp3) is 0.417. The number of hydrogen-bond donors (Lipinski definition) is 2. The van der Waals surface area contributed by atoms with E-state index < -0.39 is 21.8 Å². The van der Waals surface area contributed by atoms with Crippen molar-refractivity contribution < 1.29 is 17.9 Å². The quantitative estimate of drug-likeness (QED) is 0.745. The van der Waals surface area contributed by atoms with Crippen LogP contribution < -0.4 is 16.2 Å². The smallest absolute Gasteiger partial charge is 0.246 e. The van der Waals surface area contributed by atoms with Crippen LogP contribution >= 0.6 is 0 Å². The van der Waals surface area contributed by atoms with Crippen LogP contribution in [-0.4, -0.2) is 38.8 Å². The van der Waals surface area contributed by atoms with Gasteiger partial charge in [-0.05, 0) is 24.6 Å². The molecule has 1 aliphatic rings. The lowest BCUT2D eigenvalue weighted by atomic mass is 10.1. The molecule has 0 aromatic heterocycles. The highest BCUT2D eigenvalue weighted by Gasteiger charge is 2.36. The van der Waals surface area contributed by atoms with E-state index in [1.807, 2.05) is 0 Å². The average Bonchev–Trinajstić information content (AvgIpc) is 2.89. The minimum Gasteiger partial charge on any atom is -0.495 e. The minimum atomic E-state index is -3.75. The first-order valence-corrected chi connectivity index (χ1v) is 7.53. The fourth-order valence-corrected chi connectivity index (χ4v) is 3.90. The zero-order valence-electron chi connectivity index (χ0n) is 11.1. The Morgan fingerprint density at radius 3 is 2.70 bits per heavy atom. The van der Waals surface area contributed by atoms with Crippen molar-refractivity contribution >= 4 is 21.6 Å². The molecule has 0 aliphatic carbocycles. The minimum absolute atomic E-state index is 0.00474. The molecule has 2 rings (SSSR count). The molecule has 1 fully saturated rings.